The minimum atomic E-state index is -0.00359. The van der Waals surface area contributed by atoms with Crippen molar-refractivity contribution in [3.63, 3.8) is 0 Å². The number of aromatic nitrogens is 4. The molecule has 2 heterocycles. The fourth-order valence-electron chi connectivity index (χ4n) is 2.47. The number of hydrogen-bond donors (Lipinski definition) is 0. The molecule has 118 valence electrons. The Morgan fingerprint density at radius 1 is 1.35 bits per heavy atom. The highest BCUT2D eigenvalue weighted by atomic mass is 127. The summed E-state index contributed by atoms with van der Waals surface area (Å²) in [7, 11) is 0. The number of hydrogen-bond acceptors (Lipinski definition) is 4. The minimum Gasteiger partial charge on any atom is -0.488 e. The van der Waals surface area contributed by atoms with E-state index in [-0.39, 0.29) is 5.60 Å². The molecule has 0 amide bonds. The molecule has 0 spiro atoms. The molecule has 0 aliphatic heterocycles. The van der Waals surface area contributed by atoms with Crippen LogP contribution in [0.5, 0.6) is 5.75 Å². The molecule has 1 aromatic carbocycles. The summed E-state index contributed by atoms with van der Waals surface area (Å²) >= 11 is 8.31. The van der Waals surface area contributed by atoms with Crippen molar-refractivity contribution < 1.29 is 4.74 Å². The van der Waals surface area contributed by atoms with Gasteiger partial charge in [0, 0.05) is 10.9 Å². The molecule has 0 saturated heterocycles. The van der Waals surface area contributed by atoms with E-state index in [0.717, 1.165) is 40.8 Å². The van der Waals surface area contributed by atoms with Crippen molar-refractivity contribution in [3.8, 4) is 17.0 Å². The summed E-state index contributed by atoms with van der Waals surface area (Å²) in [6, 6.07) is 7.92. The highest BCUT2D eigenvalue weighted by molar-refractivity contribution is 14.2. The molecule has 23 heavy (non-hydrogen) atoms. The molecule has 1 unspecified atom stereocenters. The Kier molecular flexibility index (Phi) is 3.94. The first-order chi connectivity index (χ1) is 11.1. The Hall–Kier alpha value is -0.980. The van der Waals surface area contributed by atoms with Crippen LogP contribution >= 0.6 is 40.0 Å². The van der Waals surface area contributed by atoms with Gasteiger partial charge in [0.05, 0.1) is 18.1 Å². The third kappa shape index (κ3) is 3.04. The fraction of sp³-hybridized carbons (Fsp3) is 0.267. The molecule has 5 nitrogen and oxygen atoms in total. The Balaban J connectivity index is 1.86. The highest BCUT2D eigenvalue weighted by Crippen LogP contribution is 2.42. The Morgan fingerprint density at radius 3 is 2.87 bits per heavy atom. The van der Waals surface area contributed by atoms with Crippen molar-refractivity contribution in [2.75, 3.05) is 0 Å². The van der Waals surface area contributed by atoms with Crippen molar-refractivity contribution in [1.82, 2.24) is 19.7 Å². The second kappa shape index (κ2) is 5.83. The van der Waals surface area contributed by atoms with E-state index < -0.39 is 0 Å². The topological polar surface area (TPSA) is 52.8 Å². The van der Waals surface area contributed by atoms with E-state index in [0.29, 0.717) is 11.5 Å². The number of ether oxygens (including phenoxy) is 1. The molecule has 4 rings (SSSR count). The number of benzene rings is 1. The van der Waals surface area contributed by atoms with Gasteiger partial charge < -0.3 is 4.74 Å². The first-order valence-corrected chi connectivity index (χ1v) is 11.6. The molecule has 0 N–H and O–H groups in total. The van der Waals surface area contributed by atoms with Crippen molar-refractivity contribution in [3.05, 3.63) is 35.6 Å². The van der Waals surface area contributed by atoms with Gasteiger partial charge >= 0.3 is 0 Å². The van der Waals surface area contributed by atoms with Crippen LogP contribution in [0.3, 0.4) is 0 Å². The van der Waals surface area contributed by atoms with Crippen LogP contribution in [0.15, 0.2) is 30.5 Å². The summed E-state index contributed by atoms with van der Waals surface area (Å²) in [6.07, 6.45) is 4.41. The molecule has 0 bridgehead atoms. The number of halogens is 2. The Labute approximate surface area is 153 Å². The van der Waals surface area contributed by atoms with Crippen molar-refractivity contribution in [2.45, 2.75) is 25.4 Å². The maximum Gasteiger partial charge on any atom is 0.152 e. The van der Waals surface area contributed by atoms with Gasteiger partial charge in [0.1, 0.15) is 17.0 Å². The van der Waals surface area contributed by atoms with Gasteiger partial charge in [0.15, 0.2) is 5.15 Å². The van der Waals surface area contributed by atoms with Gasteiger partial charge in [-0.25, -0.2) is 4.45 Å². The molecule has 1 aliphatic rings. The second-order valence-corrected chi connectivity index (χ2v) is 8.27. The van der Waals surface area contributed by atoms with E-state index in [2.05, 4.69) is 51.3 Å². The zero-order valence-corrected chi connectivity index (χ0v) is 16.2. The molecule has 3 aromatic rings. The molecule has 1 fully saturated rings. The SMILES string of the molecule is CC1(Oc2ccc3c(c2)c(-c2cnnc(Cl)c2)nn3PI)CC1. The van der Waals surface area contributed by atoms with Gasteiger partial charge in [-0.1, -0.05) is 11.6 Å². The van der Waals surface area contributed by atoms with Crippen molar-refractivity contribution in [1.29, 1.82) is 0 Å². The predicted octanol–water partition coefficient (Wildman–Crippen LogP) is 4.87. The zero-order valence-electron chi connectivity index (χ0n) is 12.3. The predicted molar refractivity (Wildman–Crippen MR) is 102 cm³/mol. The fourth-order valence-corrected chi connectivity index (χ4v) is 4.16. The maximum absolute atomic E-state index is 6.09. The zero-order chi connectivity index (χ0) is 16.0. The molecule has 1 aliphatic carbocycles. The van der Waals surface area contributed by atoms with E-state index in [9.17, 15) is 0 Å². The quantitative estimate of drug-likeness (QED) is 0.413. The van der Waals surface area contributed by atoms with Crippen LogP contribution in [-0.2, 0) is 0 Å². The van der Waals surface area contributed by atoms with Crippen LogP contribution in [0.1, 0.15) is 19.8 Å². The monoisotopic (exact) mass is 458 g/mol. The standard InChI is InChI=1S/C15H13ClIN4OP/c1-15(4-5-15)22-10-2-3-12-11(7-10)14(20-21(12)23-17)9-6-13(16)19-18-8-9/h2-3,6-8,23H,4-5H2,1H3. The largest absolute Gasteiger partial charge is 0.488 e. The van der Waals surface area contributed by atoms with Crippen LogP contribution < -0.4 is 4.74 Å². The van der Waals surface area contributed by atoms with E-state index in [1.54, 1.807) is 12.3 Å². The summed E-state index contributed by atoms with van der Waals surface area (Å²) in [5.74, 6) is 0.878. The summed E-state index contributed by atoms with van der Waals surface area (Å²) in [5.41, 5.74) is 2.79. The first kappa shape index (κ1) is 15.5. The van der Waals surface area contributed by atoms with Crippen LogP contribution in [0.4, 0.5) is 0 Å². The number of rotatable bonds is 4. The molecular weight excluding hydrogens is 446 g/mol. The van der Waals surface area contributed by atoms with E-state index in [1.165, 1.54) is 0 Å². The average Bonchev–Trinajstić information content (AvgIpc) is 3.14. The summed E-state index contributed by atoms with van der Waals surface area (Å²) in [6.45, 7) is 2.14. The van der Waals surface area contributed by atoms with Crippen LogP contribution in [0, 0.1) is 0 Å². The lowest BCUT2D eigenvalue weighted by Crippen LogP contribution is -2.11. The lowest BCUT2D eigenvalue weighted by molar-refractivity contribution is 0.200. The van der Waals surface area contributed by atoms with Gasteiger partial charge in [-0.15, -0.1) is 5.10 Å². The summed E-state index contributed by atoms with van der Waals surface area (Å²) < 4.78 is 8.08. The molecular formula is C15H13ClIN4OP. The maximum atomic E-state index is 6.09. The van der Waals surface area contributed by atoms with Gasteiger partial charge in [0.25, 0.3) is 0 Å². The van der Waals surface area contributed by atoms with Gasteiger partial charge in [-0.3, -0.25) is 0 Å². The Morgan fingerprint density at radius 2 is 2.17 bits per heavy atom. The molecule has 8 heteroatoms. The number of fused-ring (bicyclic) bond motifs is 1. The normalized spacial score (nSPS) is 16.3. The minimum absolute atomic E-state index is 0.00359. The van der Waals surface area contributed by atoms with Gasteiger partial charge in [-0.2, -0.15) is 10.2 Å². The highest BCUT2D eigenvalue weighted by Gasteiger charge is 2.40. The first-order valence-electron chi connectivity index (χ1n) is 7.15. The third-order valence-corrected chi connectivity index (χ3v) is 6.00. The van der Waals surface area contributed by atoms with Crippen LogP contribution in [0.25, 0.3) is 22.2 Å². The third-order valence-electron chi connectivity index (χ3n) is 3.95. The summed E-state index contributed by atoms with van der Waals surface area (Å²) in [5, 5.41) is 13.9. The van der Waals surface area contributed by atoms with Gasteiger partial charge in [-0.05, 0) is 66.1 Å². The van der Waals surface area contributed by atoms with Crippen molar-refractivity contribution >= 4 is 50.9 Å². The lowest BCUT2D eigenvalue weighted by atomic mass is 10.1. The smallest absolute Gasteiger partial charge is 0.152 e. The average molecular weight is 459 g/mol. The van der Waals surface area contributed by atoms with Crippen LogP contribution in [0.2, 0.25) is 5.15 Å². The second-order valence-electron chi connectivity index (χ2n) is 5.84. The van der Waals surface area contributed by atoms with Gasteiger partial charge in [0.2, 0.25) is 0 Å². The van der Waals surface area contributed by atoms with Crippen molar-refractivity contribution in [2.24, 2.45) is 0 Å². The molecule has 0 radical (unpaired) electrons. The van der Waals surface area contributed by atoms with E-state index >= 15 is 0 Å². The Bertz CT molecular complexity index is 896. The van der Waals surface area contributed by atoms with E-state index in [4.69, 9.17) is 21.4 Å². The summed E-state index contributed by atoms with van der Waals surface area (Å²) in [4.78, 5) is 0. The molecule has 2 aromatic heterocycles. The van der Waals surface area contributed by atoms with E-state index in [1.807, 2.05) is 10.5 Å². The van der Waals surface area contributed by atoms with Crippen LogP contribution in [-0.4, -0.2) is 25.3 Å². The number of nitrogens with zero attached hydrogens (tertiary/aromatic N) is 4. The lowest BCUT2D eigenvalue weighted by Gasteiger charge is -2.12. The molecule has 1 atom stereocenters. The molecule has 1 saturated carbocycles.